The third-order valence-electron chi connectivity index (χ3n) is 4.93. The van der Waals surface area contributed by atoms with Crippen LogP contribution in [-0.4, -0.2) is 28.5 Å². The van der Waals surface area contributed by atoms with Gasteiger partial charge >= 0.3 is 0 Å². The van der Waals surface area contributed by atoms with Gasteiger partial charge in [-0.1, -0.05) is 11.3 Å². The molecule has 2 aromatic rings. The molecule has 24 heavy (non-hydrogen) atoms. The van der Waals surface area contributed by atoms with Crippen molar-refractivity contribution in [3.63, 3.8) is 0 Å². The van der Waals surface area contributed by atoms with Crippen LogP contribution in [0.4, 0.5) is 10.9 Å². The lowest BCUT2D eigenvalue weighted by Crippen LogP contribution is -2.29. The monoisotopic (exact) mass is 345 g/mol. The fraction of sp³-hybridized carbons (Fsp3) is 0.588. The third-order valence-corrected chi connectivity index (χ3v) is 5.96. The minimum Gasteiger partial charge on any atom is -0.361 e. The molecule has 0 atom stereocenters. The van der Waals surface area contributed by atoms with Gasteiger partial charge in [-0.25, -0.2) is 9.97 Å². The number of amides is 1. The summed E-state index contributed by atoms with van der Waals surface area (Å²) in [6.07, 6.45) is 8.29. The van der Waals surface area contributed by atoms with E-state index in [1.165, 1.54) is 12.8 Å². The van der Waals surface area contributed by atoms with Gasteiger partial charge in [-0.2, -0.15) is 0 Å². The smallest absolute Gasteiger partial charge is 0.228 e. The number of carbonyl (C=O) groups excluding carboxylic acids is 1. The van der Waals surface area contributed by atoms with E-state index in [2.05, 4.69) is 20.6 Å². The first-order valence-corrected chi connectivity index (χ1v) is 9.56. The lowest BCUT2D eigenvalue weighted by molar-refractivity contribution is -0.117. The molecule has 0 spiro atoms. The van der Waals surface area contributed by atoms with E-state index in [1.54, 1.807) is 17.5 Å². The number of pyridine rings is 1. The highest BCUT2D eigenvalue weighted by Crippen LogP contribution is 2.34. The fourth-order valence-corrected chi connectivity index (χ4v) is 4.12. The van der Waals surface area contributed by atoms with E-state index >= 15 is 0 Å². The van der Waals surface area contributed by atoms with Crippen LogP contribution < -0.4 is 16.4 Å². The van der Waals surface area contributed by atoms with Gasteiger partial charge in [-0.05, 0) is 50.5 Å². The second kappa shape index (κ2) is 6.64. The van der Waals surface area contributed by atoms with Crippen LogP contribution in [0, 0.1) is 11.8 Å². The molecule has 0 bridgehead atoms. The number of carbonyl (C=O) groups is 1. The zero-order valence-electron chi connectivity index (χ0n) is 13.6. The number of anilines is 2. The summed E-state index contributed by atoms with van der Waals surface area (Å²) in [5, 5.41) is 7.31. The molecule has 4 N–H and O–H groups in total. The van der Waals surface area contributed by atoms with Crippen molar-refractivity contribution in [2.45, 2.75) is 44.6 Å². The average Bonchev–Trinajstić information content (AvgIpc) is 3.35. The predicted octanol–water partition coefficient (Wildman–Crippen LogP) is 2.97. The van der Waals surface area contributed by atoms with Gasteiger partial charge in [0.25, 0.3) is 0 Å². The van der Waals surface area contributed by atoms with E-state index in [1.807, 2.05) is 6.07 Å². The Morgan fingerprint density at radius 1 is 1.25 bits per heavy atom. The number of nitrogens with one attached hydrogen (secondary N) is 2. The van der Waals surface area contributed by atoms with Crippen LogP contribution in [0.15, 0.2) is 12.3 Å². The average molecular weight is 345 g/mol. The van der Waals surface area contributed by atoms with Gasteiger partial charge in [0.15, 0.2) is 10.9 Å². The van der Waals surface area contributed by atoms with Crippen LogP contribution in [0.5, 0.6) is 0 Å². The molecule has 0 unspecified atom stereocenters. The molecule has 1 amide bonds. The number of rotatable bonds is 5. The van der Waals surface area contributed by atoms with Gasteiger partial charge in [0.1, 0.15) is 0 Å². The number of nitrogens with two attached hydrogens (primary N) is 1. The number of hydrogen-bond acceptors (Lipinski definition) is 6. The van der Waals surface area contributed by atoms with Gasteiger partial charge in [-0.15, -0.1) is 0 Å². The molecule has 0 radical (unpaired) electrons. The van der Waals surface area contributed by atoms with Crippen molar-refractivity contribution in [1.82, 2.24) is 9.97 Å². The van der Waals surface area contributed by atoms with Crippen molar-refractivity contribution < 1.29 is 4.79 Å². The number of aromatic nitrogens is 2. The van der Waals surface area contributed by atoms with Crippen LogP contribution in [0.3, 0.4) is 0 Å². The maximum atomic E-state index is 12.0. The summed E-state index contributed by atoms with van der Waals surface area (Å²) in [6.45, 7) is 0.934. The Bertz CT molecular complexity index is 734. The second-order valence-electron chi connectivity index (χ2n) is 6.95. The fourth-order valence-electron chi connectivity index (χ4n) is 3.21. The summed E-state index contributed by atoms with van der Waals surface area (Å²) in [7, 11) is 0. The Morgan fingerprint density at radius 2 is 2.04 bits per heavy atom. The summed E-state index contributed by atoms with van der Waals surface area (Å²) in [6, 6.07) is 2.27. The van der Waals surface area contributed by atoms with Gasteiger partial charge in [0, 0.05) is 24.7 Å². The highest BCUT2D eigenvalue weighted by atomic mass is 32.1. The van der Waals surface area contributed by atoms with Crippen LogP contribution in [-0.2, 0) is 4.79 Å². The minimum atomic E-state index is 0.0800. The molecule has 128 valence electrons. The van der Waals surface area contributed by atoms with Crippen LogP contribution in [0.2, 0.25) is 0 Å². The van der Waals surface area contributed by atoms with E-state index in [9.17, 15) is 4.79 Å². The second-order valence-corrected chi connectivity index (χ2v) is 7.95. The zero-order chi connectivity index (χ0) is 16.5. The number of fused-ring (bicyclic) bond motifs is 1. The molecule has 0 aromatic carbocycles. The number of thiazole rings is 1. The molecule has 7 heteroatoms. The molecule has 2 aliphatic rings. The molecular formula is C17H23N5OS. The van der Waals surface area contributed by atoms with Crippen molar-refractivity contribution in [1.29, 1.82) is 0 Å². The van der Waals surface area contributed by atoms with Crippen LogP contribution >= 0.6 is 11.3 Å². The Hall–Kier alpha value is -1.73. The molecule has 2 aromatic heterocycles. The molecule has 2 fully saturated rings. The van der Waals surface area contributed by atoms with Crippen LogP contribution in [0.1, 0.15) is 38.5 Å². The van der Waals surface area contributed by atoms with Gasteiger partial charge in [0.2, 0.25) is 5.91 Å². The first-order chi connectivity index (χ1) is 11.7. The van der Waals surface area contributed by atoms with Crippen molar-refractivity contribution in [3.05, 3.63) is 12.3 Å². The molecule has 0 saturated heterocycles. The Balaban J connectivity index is 1.43. The third kappa shape index (κ3) is 3.52. The summed E-state index contributed by atoms with van der Waals surface area (Å²) in [4.78, 5) is 20.9. The number of nitrogens with zero attached hydrogens (tertiary/aromatic N) is 2. The molecule has 2 saturated carbocycles. The molecule has 0 aliphatic heterocycles. The largest absolute Gasteiger partial charge is 0.361 e. The highest BCUT2D eigenvalue weighted by Gasteiger charge is 2.30. The quantitative estimate of drug-likeness (QED) is 0.775. The number of hydrogen-bond donors (Lipinski definition) is 3. The Morgan fingerprint density at radius 3 is 2.79 bits per heavy atom. The van der Waals surface area contributed by atoms with E-state index in [0.717, 1.165) is 47.6 Å². The van der Waals surface area contributed by atoms with Gasteiger partial charge in [-0.3, -0.25) is 4.79 Å². The molecule has 2 aliphatic carbocycles. The SMILES string of the molecule is NC1CCC(CNc2nc3ccnc(NC(=O)C4CC4)c3s2)CC1. The Labute approximate surface area is 145 Å². The lowest BCUT2D eigenvalue weighted by atomic mass is 9.86. The van der Waals surface area contributed by atoms with Crippen molar-refractivity contribution >= 4 is 38.4 Å². The molecular weight excluding hydrogens is 322 g/mol. The standard InChI is InChI=1S/C17H23N5OS/c18-12-5-1-10(2-6-12)9-20-17-21-13-7-8-19-15(14(13)24-17)22-16(23)11-3-4-11/h7-8,10-12H,1-6,9,18H2,(H,20,21)(H,19,22,23). The van der Waals surface area contributed by atoms with E-state index in [0.29, 0.717) is 17.8 Å². The predicted molar refractivity (Wildman–Crippen MR) is 97.2 cm³/mol. The Kier molecular flexibility index (Phi) is 4.37. The van der Waals surface area contributed by atoms with Gasteiger partial charge in [0.05, 0.1) is 10.2 Å². The first kappa shape index (κ1) is 15.8. The zero-order valence-corrected chi connectivity index (χ0v) is 14.4. The molecule has 4 rings (SSSR count). The normalized spacial score (nSPS) is 24.0. The van der Waals surface area contributed by atoms with Gasteiger partial charge < -0.3 is 16.4 Å². The van der Waals surface area contributed by atoms with Crippen molar-refractivity contribution in [3.8, 4) is 0 Å². The minimum absolute atomic E-state index is 0.0800. The first-order valence-electron chi connectivity index (χ1n) is 8.75. The van der Waals surface area contributed by atoms with E-state index in [-0.39, 0.29) is 11.8 Å². The molecule has 6 nitrogen and oxygen atoms in total. The summed E-state index contributed by atoms with van der Waals surface area (Å²) < 4.78 is 0.944. The maximum absolute atomic E-state index is 12.0. The van der Waals surface area contributed by atoms with Crippen molar-refractivity contribution in [2.75, 3.05) is 17.2 Å². The summed E-state index contributed by atoms with van der Waals surface area (Å²) in [5.74, 6) is 1.56. The van der Waals surface area contributed by atoms with Crippen molar-refractivity contribution in [2.24, 2.45) is 17.6 Å². The molecule has 2 heterocycles. The lowest BCUT2D eigenvalue weighted by Gasteiger charge is -2.25. The van der Waals surface area contributed by atoms with E-state index in [4.69, 9.17) is 5.73 Å². The summed E-state index contributed by atoms with van der Waals surface area (Å²) in [5.41, 5.74) is 6.85. The van der Waals surface area contributed by atoms with E-state index < -0.39 is 0 Å². The summed E-state index contributed by atoms with van der Waals surface area (Å²) >= 11 is 1.56. The maximum Gasteiger partial charge on any atom is 0.228 e. The van der Waals surface area contributed by atoms with Crippen LogP contribution in [0.25, 0.3) is 10.2 Å². The topological polar surface area (TPSA) is 92.9 Å². The highest BCUT2D eigenvalue weighted by molar-refractivity contribution is 7.22.